The van der Waals surface area contributed by atoms with E-state index >= 15 is 0 Å². The Balaban J connectivity index is 1.82. The second-order valence-corrected chi connectivity index (χ2v) is 6.81. The van der Waals surface area contributed by atoms with Gasteiger partial charge in [0.1, 0.15) is 11.4 Å². The van der Waals surface area contributed by atoms with Crippen molar-refractivity contribution in [3.05, 3.63) is 53.9 Å². The lowest BCUT2D eigenvalue weighted by molar-refractivity contribution is -0.137. The summed E-state index contributed by atoms with van der Waals surface area (Å²) in [5.74, 6) is 0.718. The minimum Gasteiger partial charge on any atom is -0.497 e. The van der Waals surface area contributed by atoms with E-state index in [2.05, 4.69) is 15.2 Å². The van der Waals surface area contributed by atoms with Crippen molar-refractivity contribution in [2.24, 2.45) is 0 Å². The van der Waals surface area contributed by atoms with Crippen molar-refractivity contribution >= 4 is 5.65 Å². The van der Waals surface area contributed by atoms with Crippen LogP contribution in [0.4, 0.5) is 13.2 Å². The summed E-state index contributed by atoms with van der Waals surface area (Å²) in [6.45, 7) is 3.94. The molecule has 1 aliphatic heterocycles. The van der Waals surface area contributed by atoms with Gasteiger partial charge in [0.05, 0.1) is 24.1 Å². The highest BCUT2D eigenvalue weighted by atomic mass is 19.4. The lowest BCUT2D eigenvalue weighted by Crippen LogP contribution is -2.43. The van der Waals surface area contributed by atoms with Crippen LogP contribution < -0.4 is 10.1 Å². The molecule has 28 heavy (non-hydrogen) atoms. The summed E-state index contributed by atoms with van der Waals surface area (Å²) in [7, 11) is 1.59. The normalized spacial score (nSPS) is 15.9. The van der Waals surface area contributed by atoms with Gasteiger partial charge in [-0.3, -0.25) is 4.90 Å². The van der Waals surface area contributed by atoms with Crippen molar-refractivity contribution in [1.29, 1.82) is 0 Å². The van der Waals surface area contributed by atoms with Crippen LogP contribution in [0.3, 0.4) is 0 Å². The van der Waals surface area contributed by atoms with E-state index in [-0.39, 0.29) is 0 Å². The number of fused-ring (bicyclic) bond motifs is 1. The Kier molecular flexibility index (Phi) is 4.99. The molecule has 4 rings (SSSR count). The molecular formula is C20H21F3N4O. The summed E-state index contributed by atoms with van der Waals surface area (Å²) in [5.41, 5.74) is 2.13. The minimum absolute atomic E-state index is 0.504. The molecule has 3 aromatic rings. The molecular weight excluding hydrogens is 369 g/mol. The number of imidazole rings is 1. The smallest absolute Gasteiger partial charge is 0.417 e. The predicted octanol–water partition coefficient (Wildman–Crippen LogP) is 3.43. The van der Waals surface area contributed by atoms with Crippen LogP contribution in [0.2, 0.25) is 0 Å². The summed E-state index contributed by atoms with van der Waals surface area (Å²) in [5, 5.41) is 3.29. The fraction of sp³-hybridized carbons (Fsp3) is 0.350. The van der Waals surface area contributed by atoms with Gasteiger partial charge in [-0.1, -0.05) is 0 Å². The van der Waals surface area contributed by atoms with Crippen LogP contribution >= 0.6 is 0 Å². The van der Waals surface area contributed by atoms with E-state index in [4.69, 9.17) is 4.74 Å². The molecule has 5 nitrogen and oxygen atoms in total. The van der Waals surface area contributed by atoms with Crippen LogP contribution in [0.25, 0.3) is 16.9 Å². The van der Waals surface area contributed by atoms with Gasteiger partial charge in [0, 0.05) is 44.5 Å². The molecule has 0 unspecified atom stereocenters. The van der Waals surface area contributed by atoms with Gasteiger partial charge in [0.25, 0.3) is 0 Å². The Morgan fingerprint density at radius 1 is 1.07 bits per heavy atom. The maximum Gasteiger partial charge on any atom is 0.417 e. The largest absolute Gasteiger partial charge is 0.497 e. The Bertz CT molecular complexity index is 960. The van der Waals surface area contributed by atoms with E-state index in [0.29, 0.717) is 17.9 Å². The van der Waals surface area contributed by atoms with E-state index in [1.54, 1.807) is 11.5 Å². The first-order chi connectivity index (χ1) is 13.5. The average Bonchev–Trinajstić information content (AvgIpc) is 3.06. The number of halogens is 3. The molecule has 148 valence electrons. The van der Waals surface area contributed by atoms with Crippen molar-refractivity contribution in [3.63, 3.8) is 0 Å². The molecule has 1 fully saturated rings. The lowest BCUT2D eigenvalue weighted by Gasteiger charge is -2.27. The second kappa shape index (κ2) is 7.44. The van der Waals surface area contributed by atoms with E-state index in [1.807, 2.05) is 24.3 Å². The zero-order valence-electron chi connectivity index (χ0n) is 15.5. The summed E-state index contributed by atoms with van der Waals surface area (Å²) in [6, 6.07) is 9.93. The summed E-state index contributed by atoms with van der Waals surface area (Å²) >= 11 is 0. The highest BCUT2D eigenvalue weighted by molar-refractivity contribution is 5.67. The molecule has 8 heteroatoms. The highest BCUT2D eigenvalue weighted by Gasteiger charge is 2.31. The Labute approximate surface area is 160 Å². The number of piperazine rings is 1. The lowest BCUT2D eigenvalue weighted by atomic mass is 10.1. The zero-order chi connectivity index (χ0) is 19.7. The Morgan fingerprint density at radius 2 is 1.79 bits per heavy atom. The number of ether oxygens (including phenoxy) is 1. The molecule has 1 aliphatic rings. The number of alkyl halides is 3. The van der Waals surface area contributed by atoms with Gasteiger partial charge in [-0.05, 0) is 36.4 Å². The number of nitrogens with zero attached hydrogens (tertiary/aromatic N) is 3. The maximum atomic E-state index is 13.3. The molecule has 2 aromatic heterocycles. The van der Waals surface area contributed by atoms with Crippen LogP contribution in [0.5, 0.6) is 5.75 Å². The SMILES string of the molecule is COc1ccc(-c2nc3ccc(C(F)(F)F)cn3c2CN2CCNCC2)cc1. The van der Waals surface area contributed by atoms with Crippen LogP contribution in [0.15, 0.2) is 42.6 Å². The van der Waals surface area contributed by atoms with E-state index in [0.717, 1.165) is 55.4 Å². The molecule has 0 radical (unpaired) electrons. The van der Waals surface area contributed by atoms with Crippen molar-refractivity contribution in [3.8, 4) is 17.0 Å². The third-order valence-electron chi connectivity index (χ3n) is 4.99. The van der Waals surface area contributed by atoms with Gasteiger partial charge in [-0.15, -0.1) is 0 Å². The first kappa shape index (κ1) is 18.8. The van der Waals surface area contributed by atoms with Gasteiger partial charge in [-0.2, -0.15) is 13.2 Å². The van der Waals surface area contributed by atoms with Crippen LogP contribution in [-0.4, -0.2) is 47.6 Å². The van der Waals surface area contributed by atoms with Crippen molar-refractivity contribution in [2.75, 3.05) is 33.3 Å². The maximum absolute atomic E-state index is 13.3. The van der Waals surface area contributed by atoms with Gasteiger partial charge in [0.15, 0.2) is 0 Å². The summed E-state index contributed by atoms with van der Waals surface area (Å²) in [4.78, 5) is 6.87. The standard InChI is InChI=1S/C20H21F3N4O/c1-28-16-5-2-14(3-6-16)19-17(13-26-10-8-24-9-11-26)27-12-15(20(21,22)23)4-7-18(27)25-19/h2-7,12,24H,8-11,13H2,1H3. The number of hydrogen-bond acceptors (Lipinski definition) is 4. The van der Waals surface area contributed by atoms with Crippen LogP contribution in [0.1, 0.15) is 11.3 Å². The molecule has 0 bridgehead atoms. The van der Waals surface area contributed by atoms with Gasteiger partial charge >= 0.3 is 6.18 Å². The quantitative estimate of drug-likeness (QED) is 0.741. The van der Waals surface area contributed by atoms with Gasteiger partial charge < -0.3 is 14.5 Å². The zero-order valence-corrected chi connectivity index (χ0v) is 15.5. The molecule has 3 heterocycles. The van der Waals surface area contributed by atoms with Crippen molar-refractivity contribution < 1.29 is 17.9 Å². The number of methoxy groups -OCH3 is 1. The minimum atomic E-state index is -4.40. The van der Waals surface area contributed by atoms with Gasteiger partial charge in [0.2, 0.25) is 0 Å². The Hall–Kier alpha value is -2.58. The van der Waals surface area contributed by atoms with Gasteiger partial charge in [-0.25, -0.2) is 4.98 Å². The fourth-order valence-corrected chi connectivity index (χ4v) is 3.47. The van der Waals surface area contributed by atoms with E-state index < -0.39 is 11.7 Å². The summed E-state index contributed by atoms with van der Waals surface area (Å²) < 4.78 is 46.5. The summed E-state index contributed by atoms with van der Waals surface area (Å²) in [6.07, 6.45) is -3.25. The van der Waals surface area contributed by atoms with E-state index in [9.17, 15) is 13.2 Å². The average molecular weight is 390 g/mol. The first-order valence-corrected chi connectivity index (χ1v) is 9.11. The van der Waals surface area contributed by atoms with Crippen molar-refractivity contribution in [1.82, 2.24) is 19.6 Å². The monoisotopic (exact) mass is 390 g/mol. The molecule has 1 N–H and O–H groups in total. The highest BCUT2D eigenvalue weighted by Crippen LogP contribution is 2.32. The van der Waals surface area contributed by atoms with Crippen LogP contribution in [-0.2, 0) is 12.7 Å². The first-order valence-electron chi connectivity index (χ1n) is 9.11. The predicted molar refractivity (Wildman–Crippen MR) is 100 cm³/mol. The number of nitrogens with one attached hydrogen (secondary N) is 1. The molecule has 0 amide bonds. The number of aromatic nitrogens is 2. The third kappa shape index (κ3) is 3.70. The number of pyridine rings is 1. The Morgan fingerprint density at radius 3 is 2.43 bits per heavy atom. The molecule has 1 saturated heterocycles. The number of rotatable bonds is 4. The molecule has 1 aromatic carbocycles. The fourth-order valence-electron chi connectivity index (χ4n) is 3.47. The number of benzene rings is 1. The van der Waals surface area contributed by atoms with E-state index in [1.165, 1.54) is 6.07 Å². The molecule has 0 saturated carbocycles. The van der Waals surface area contributed by atoms with Crippen LogP contribution in [0, 0.1) is 0 Å². The topological polar surface area (TPSA) is 41.8 Å². The third-order valence-corrected chi connectivity index (χ3v) is 4.99. The second-order valence-electron chi connectivity index (χ2n) is 6.81. The number of hydrogen-bond donors (Lipinski definition) is 1. The van der Waals surface area contributed by atoms with Crippen molar-refractivity contribution in [2.45, 2.75) is 12.7 Å². The molecule has 0 spiro atoms. The molecule has 0 aliphatic carbocycles. The molecule has 0 atom stereocenters.